The van der Waals surface area contributed by atoms with E-state index in [9.17, 15) is 19.3 Å². The zero-order chi connectivity index (χ0) is 23.2. The molecule has 1 radical (unpaired) electrons. The number of ether oxygens (including phenoxy) is 1. The SMILES string of the molecule is COC(=O)CCNC(=O)[C@@H]1O[P@@](O)(Oc2ccc(CC(N)C(=O)O)cc2)OCC1(C)C. The Labute approximate surface area is 180 Å². The number of aliphatic carboxylic acids is 1. The van der Waals surface area contributed by atoms with E-state index in [-0.39, 0.29) is 31.7 Å². The molecule has 3 atom stereocenters. The Morgan fingerprint density at radius 1 is 1.32 bits per heavy atom. The second-order valence-corrected chi connectivity index (χ2v) is 9.31. The van der Waals surface area contributed by atoms with Gasteiger partial charge < -0.3 is 30.3 Å². The van der Waals surface area contributed by atoms with Crippen LogP contribution in [0, 0.1) is 5.41 Å². The van der Waals surface area contributed by atoms with E-state index in [0.29, 0.717) is 5.56 Å². The van der Waals surface area contributed by atoms with Crippen molar-refractivity contribution in [2.24, 2.45) is 11.1 Å². The van der Waals surface area contributed by atoms with Gasteiger partial charge in [0.2, 0.25) is 5.91 Å². The number of methoxy groups -OCH3 is 1. The van der Waals surface area contributed by atoms with Crippen molar-refractivity contribution in [2.75, 3.05) is 20.3 Å². The summed E-state index contributed by atoms with van der Waals surface area (Å²) in [5.41, 5.74) is 5.42. The first kappa shape index (κ1) is 25.0. The molecule has 0 saturated carbocycles. The molecule has 0 aromatic heterocycles. The maximum atomic E-state index is 12.6. The summed E-state index contributed by atoms with van der Waals surface area (Å²) < 4.78 is 21.0. The largest absolute Gasteiger partial charge is 0.480 e. The summed E-state index contributed by atoms with van der Waals surface area (Å²) in [4.78, 5) is 45.3. The minimum Gasteiger partial charge on any atom is -0.480 e. The van der Waals surface area contributed by atoms with Crippen LogP contribution >= 0.6 is 8.17 Å². The van der Waals surface area contributed by atoms with Gasteiger partial charge in [-0.1, -0.05) is 26.0 Å². The monoisotopic (exact) mass is 459 g/mol. The second-order valence-electron chi connectivity index (χ2n) is 7.72. The van der Waals surface area contributed by atoms with Crippen molar-refractivity contribution < 1.29 is 42.7 Å². The van der Waals surface area contributed by atoms with Gasteiger partial charge in [0, 0.05) is 12.0 Å². The number of carboxylic acid groups (broad SMARTS) is 1. The number of hydrogen-bond donors (Lipinski definition) is 4. The molecule has 5 N–H and O–H groups in total. The maximum absolute atomic E-state index is 12.6. The molecule has 1 aromatic carbocycles. The molecule has 11 nitrogen and oxygen atoms in total. The van der Waals surface area contributed by atoms with E-state index in [1.165, 1.54) is 19.2 Å². The number of nitrogens with two attached hydrogens (primary N) is 1. The normalized spacial score (nSPS) is 23.5. The van der Waals surface area contributed by atoms with Gasteiger partial charge in [-0.05, 0) is 24.1 Å². The standard InChI is InChI=1S/C19H28N2O9P/c1-19(2)11-28-31(26,30-16(19)17(23)21-9-8-15(22)27-3)29-13-6-4-12(5-7-13)10-14(20)18(24)25/h4-7,14,16,26H,8-11,20H2,1-3H3,(H,21,23)(H,24,25)/t14?,16-/m0/s1. The molecule has 31 heavy (non-hydrogen) atoms. The van der Waals surface area contributed by atoms with Crippen LogP contribution in [0.4, 0.5) is 0 Å². The molecule has 1 unspecified atom stereocenters. The van der Waals surface area contributed by atoms with Crippen LogP contribution in [-0.2, 0) is 34.6 Å². The fourth-order valence-corrected chi connectivity index (χ4v) is 4.41. The van der Waals surface area contributed by atoms with Gasteiger partial charge in [-0.25, -0.2) is 0 Å². The zero-order valence-electron chi connectivity index (χ0n) is 17.6. The summed E-state index contributed by atoms with van der Waals surface area (Å²) in [6.07, 6.45) is -0.950. The van der Waals surface area contributed by atoms with Gasteiger partial charge in [0.25, 0.3) is 0 Å². The Hall–Kier alpha value is -2.30. The molecule has 2 rings (SSSR count). The lowest BCUT2D eigenvalue weighted by atomic mass is 9.87. The van der Waals surface area contributed by atoms with Gasteiger partial charge in [0.15, 0.2) is 6.10 Å². The van der Waals surface area contributed by atoms with E-state index in [1.54, 1.807) is 26.0 Å². The van der Waals surface area contributed by atoms with Crippen molar-refractivity contribution >= 4 is 26.0 Å². The molecular formula is C19H28N2O9P. The van der Waals surface area contributed by atoms with Crippen molar-refractivity contribution in [1.82, 2.24) is 5.32 Å². The maximum Gasteiger partial charge on any atom is 0.434 e. The fraction of sp³-hybridized carbons (Fsp3) is 0.526. The van der Waals surface area contributed by atoms with E-state index >= 15 is 0 Å². The number of carboxylic acids is 1. The Morgan fingerprint density at radius 3 is 2.55 bits per heavy atom. The Morgan fingerprint density at radius 2 is 1.97 bits per heavy atom. The predicted molar refractivity (Wildman–Crippen MR) is 110 cm³/mol. The Kier molecular flexibility index (Phi) is 8.33. The molecule has 12 heteroatoms. The highest BCUT2D eigenvalue weighted by atomic mass is 31.2. The molecular weight excluding hydrogens is 431 g/mol. The van der Waals surface area contributed by atoms with Crippen LogP contribution < -0.4 is 15.6 Å². The molecule has 1 heterocycles. The van der Waals surface area contributed by atoms with Crippen molar-refractivity contribution in [3.63, 3.8) is 0 Å². The highest BCUT2D eigenvalue weighted by molar-refractivity contribution is 7.56. The molecule has 1 fully saturated rings. The summed E-state index contributed by atoms with van der Waals surface area (Å²) in [7, 11) is -2.61. The zero-order valence-corrected chi connectivity index (χ0v) is 18.5. The number of carbonyl (C=O) groups excluding carboxylic acids is 2. The number of hydrogen-bond acceptors (Lipinski definition) is 9. The molecule has 1 aliphatic rings. The van der Waals surface area contributed by atoms with Gasteiger partial charge in [-0.3, -0.25) is 23.4 Å². The van der Waals surface area contributed by atoms with Crippen LogP contribution in [0.15, 0.2) is 24.3 Å². The van der Waals surface area contributed by atoms with Crippen LogP contribution in [-0.4, -0.2) is 60.3 Å². The number of amides is 1. The van der Waals surface area contributed by atoms with Gasteiger partial charge >= 0.3 is 20.1 Å². The Bertz CT molecular complexity index is 802. The van der Waals surface area contributed by atoms with Gasteiger partial charge in [0.1, 0.15) is 11.8 Å². The molecule has 1 aromatic rings. The molecule has 1 aliphatic heterocycles. The summed E-state index contributed by atoms with van der Waals surface area (Å²) in [5, 5.41) is 11.5. The third kappa shape index (κ3) is 7.12. The molecule has 173 valence electrons. The highest BCUT2D eigenvalue weighted by Crippen LogP contribution is 2.63. The summed E-state index contributed by atoms with van der Waals surface area (Å²) in [6.45, 7) is 3.53. The first-order chi connectivity index (χ1) is 14.5. The lowest BCUT2D eigenvalue weighted by molar-refractivity contribution is -0.143. The number of benzene rings is 1. The Balaban J connectivity index is 2.02. The second kappa shape index (κ2) is 10.3. The predicted octanol–water partition coefficient (Wildman–Crippen LogP) is 0.811. The van der Waals surface area contributed by atoms with Gasteiger partial charge in [-0.2, -0.15) is 0 Å². The van der Waals surface area contributed by atoms with Crippen molar-refractivity contribution in [3.05, 3.63) is 29.8 Å². The van der Waals surface area contributed by atoms with E-state index < -0.39 is 43.6 Å². The number of rotatable bonds is 9. The summed E-state index contributed by atoms with van der Waals surface area (Å²) >= 11 is 0. The average molecular weight is 459 g/mol. The molecule has 0 aliphatic carbocycles. The lowest BCUT2D eigenvalue weighted by Gasteiger charge is -2.43. The van der Waals surface area contributed by atoms with E-state index in [1.807, 2.05) is 0 Å². The average Bonchev–Trinajstić information content (AvgIpc) is 2.71. The van der Waals surface area contributed by atoms with Crippen molar-refractivity contribution in [2.45, 2.75) is 38.8 Å². The van der Waals surface area contributed by atoms with Gasteiger partial charge in [-0.15, -0.1) is 0 Å². The number of nitrogens with one attached hydrogen (secondary N) is 1. The van der Waals surface area contributed by atoms with E-state index in [4.69, 9.17) is 24.4 Å². The smallest absolute Gasteiger partial charge is 0.434 e. The van der Waals surface area contributed by atoms with Crippen molar-refractivity contribution in [1.29, 1.82) is 0 Å². The highest BCUT2D eigenvalue weighted by Gasteiger charge is 2.51. The minimum atomic E-state index is -3.86. The number of carbonyl (C=O) groups is 3. The summed E-state index contributed by atoms with van der Waals surface area (Å²) in [5.74, 6) is -1.87. The molecule has 1 amide bonds. The first-order valence-electron chi connectivity index (χ1n) is 9.52. The van der Waals surface area contributed by atoms with Gasteiger partial charge in [0.05, 0.1) is 20.1 Å². The topological polar surface area (TPSA) is 167 Å². The van der Waals surface area contributed by atoms with E-state index in [0.717, 1.165) is 0 Å². The fourth-order valence-electron chi connectivity index (χ4n) is 2.72. The van der Waals surface area contributed by atoms with Crippen LogP contribution in [0.5, 0.6) is 5.75 Å². The number of esters is 1. The molecule has 0 spiro atoms. The third-order valence-corrected chi connectivity index (χ3v) is 5.93. The molecule has 1 saturated heterocycles. The first-order valence-corrected chi connectivity index (χ1v) is 11.0. The third-order valence-electron chi connectivity index (χ3n) is 4.56. The summed E-state index contributed by atoms with van der Waals surface area (Å²) in [6, 6.07) is 5.21. The quantitative estimate of drug-likeness (QED) is 0.306. The van der Waals surface area contributed by atoms with Crippen LogP contribution in [0.25, 0.3) is 0 Å². The van der Waals surface area contributed by atoms with Crippen LogP contribution in [0.3, 0.4) is 0 Å². The van der Waals surface area contributed by atoms with Crippen LogP contribution in [0.1, 0.15) is 25.8 Å². The lowest BCUT2D eigenvalue weighted by Crippen LogP contribution is -2.51. The van der Waals surface area contributed by atoms with Crippen molar-refractivity contribution in [3.8, 4) is 5.75 Å². The van der Waals surface area contributed by atoms with Crippen LogP contribution in [0.2, 0.25) is 0 Å². The van der Waals surface area contributed by atoms with E-state index in [2.05, 4.69) is 10.1 Å². The molecule has 0 bridgehead atoms. The minimum absolute atomic E-state index is 0.000314.